The Kier molecular flexibility index (Phi) is 69.3. The van der Waals surface area contributed by atoms with E-state index in [9.17, 15) is 0 Å². The van der Waals surface area contributed by atoms with Crippen LogP contribution in [0.3, 0.4) is 0 Å². The van der Waals surface area contributed by atoms with Crippen LogP contribution in [0.5, 0.6) is 0 Å². The van der Waals surface area contributed by atoms with Crippen LogP contribution >= 0.6 is 7.82 Å². The maximum absolute atomic E-state index is 8.55. The van der Waals surface area contributed by atoms with Gasteiger partial charge in [-0.15, -0.1) is 0 Å². The van der Waals surface area contributed by atoms with E-state index in [-0.39, 0.29) is 124 Å². The Hall–Kier alpha value is 4.07. The van der Waals surface area contributed by atoms with Gasteiger partial charge < -0.3 is 24.7 Å². The molecule has 10 heteroatoms. The summed E-state index contributed by atoms with van der Waals surface area (Å²) in [7, 11) is -5.39. The molecule has 0 aliphatic rings. The van der Waals surface area contributed by atoms with E-state index in [1.54, 1.807) is 0 Å². The fraction of sp³-hybridized carbons (Fsp3) is 0. The van der Waals surface area contributed by atoms with Crippen molar-refractivity contribution in [3.8, 4) is 0 Å². The molecule has 40 valence electrons. The average molecular weight is 204 g/mol. The molecule has 0 bridgehead atoms. The summed E-state index contributed by atoms with van der Waals surface area (Å²) in [5.41, 5.74) is 0. The van der Waals surface area contributed by atoms with Gasteiger partial charge in [0.1, 0.15) is 0 Å². The van der Waals surface area contributed by atoms with E-state index in [2.05, 4.69) is 0 Å². The Morgan fingerprint density at radius 3 is 0.800 bits per heavy atom. The maximum atomic E-state index is 8.55. The molecular weight excluding hydrogens is 203 g/mol. The third-order valence-corrected chi connectivity index (χ3v) is 0. The Morgan fingerprint density at radius 1 is 0.800 bits per heavy atom. The summed E-state index contributed by atoms with van der Waals surface area (Å²) in [5, 5.41) is 0. The van der Waals surface area contributed by atoms with Gasteiger partial charge in [0.05, 0.1) is 0 Å². The molecule has 0 saturated heterocycles. The SMILES string of the molecule is O=P([O-])([O-])[O-].[Na+].[Na+].[Na+].[Na+].[OH-]. The largest absolute Gasteiger partial charge is 1.00 e. The Labute approximate surface area is 147 Å². The van der Waals surface area contributed by atoms with Crippen molar-refractivity contribution >= 4 is 7.82 Å². The normalized spacial score (nSPS) is 5.90. The van der Waals surface area contributed by atoms with E-state index in [1.807, 2.05) is 0 Å². The molecular formula is HNa4O5P. The molecule has 5 nitrogen and oxygen atoms in total. The monoisotopic (exact) mass is 204 g/mol. The van der Waals surface area contributed by atoms with Crippen molar-refractivity contribution in [1.82, 2.24) is 0 Å². The van der Waals surface area contributed by atoms with Gasteiger partial charge in [0, 0.05) is 0 Å². The zero-order chi connectivity index (χ0) is 4.50. The van der Waals surface area contributed by atoms with Crippen LogP contribution < -0.4 is 133 Å². The molecule has 0 saturated carbocycles. The summed E-state index contributed by atoms with van der Waals surface area (Å²) in [6, 6.07) is 0. The smallest absolute Gasteiger partial charge is 0.870 e. The molecule has 1 N–H and O–H groups in total. The van der Waals surface area contributed by atoms with E-state index in [1.165, 1.54) is 0 Å². The van der Waals surface area contributed by atoms with Crippen molar-refractivity contribution < 1.29 is 143 Å². The van der Waals surface area contributed by atoms with Crippen LogP contribution in [0.4, 0.5) is 0 Å². The van der Waals surface area contributed by atoms with Gasteiger partial charge >= 0.3 is 118 Å². The van der Waals surface area contributed by atoms with Gasteiger partial charge in [-0.05, 0) is 0 Å². The predicted octanol–water partition coefficient (Wildman–Crippen LogP) is -15.0. The molecule has 0 unspecified atom stereocenters. The minimum Gasteiger partial charge on any atom is -0.870 e. The van der Waals surface area contributed by atoms with Crippen molar-refractivity contribution in [1.29, 1.82) is 0 Å². The van der Waals surface area contributed by atoms with Gasteiger partial charge in [0.2, 0.25) is 0 Å². The summed E-state index contributed by atoms with van der Waals surface area (Å²) in [6.45, 7) is 0. The van der Waals surface area contributed by atoms with Gasteiger partial charge in [-0.25, -0.2) is 0 Å². The van der Waals surface area contributed by atoms with E-state index in [4.69, 9.17) is 19.2 Å². The van der Waals surface area contributed by atoms with Crippen LogP contribution in [0.1, 0.15) is 0 Å². The van der Waals surface area contributed by atoms with Gasteiger partial charge in [0.25, 0.3) is 0 Å². The van der Waals surface area contributed by atoms with Crippen molar-refractivity contribution in [2.24, 2.45) is 0 Å². The summed E-state index contributed by atoms with van der Waals surface area (Å²) in [6.07, 6.45) is 0. The Balaban J connectivity index is -0.00000000800. The molecule has 0 amide bonds. The summed E-state index contributed by atoms with van der Waals surface area (Å²) >= 11 is 0. The average Bonchev–Trinajstić information content (AvgIpc) is 0.722. The molecule has 10 heavy (non-hydrogen) atoms. The van der Waals surface area contributed by atoms with Crippen molar-refractivity contribution in [2.75, 3.05) is 0 Å². The van der Waals surface area contributed by atoms with E-state index in [0.29, 0.717) is 0 Å². The second kappa shape index (κ2) is 18.8. The molecule has 0 aliphatic carbocycles. The molecule has 0 heterocycles. The molecule has 0 fully saturated rings. The second-order valence-corrected chi connectivity index (χ2v) is 1.34. The molecule has 0 aromatic carbocycles. The molecule has 0 rings (SSSR count). The fourth-order valence-electron chi connectivity index (χ4n) is 0. The van der Waals surface area contributed by atoms with Gasteiger partial charge in [-0.3, -0.25) is 0 Å². The molecule has 0 aliphatic heterocycles. The topological polar surface area (TPSA) is 116 Å². The van der Waals surface area contributed by atoms with Crippen molar-refractivity contribution in [2.45, 2.75) is 0 Å². The number of rotatable bonds is 0. The number of phosphoric acid groups is 1. The minimum atomic E-state index is -5.39. The molecule has 0 aromatic heterocycles. The Bertz CT molecular complexity index is 59.8. The fourth-order valence-corrected chi connectivity index (χ4v) is 0. The van der Waals surface area contributed by atoms with Crippen LogP contribution in [0.2, 0.25) is 0 Å². The van der Waals surface area contributed by atoms with Gasteiger partial charge in [0.15, 0.2) is 0 Å². The first kappa shape index (κ1) is 36.9. The van der Waals surface area contributed by atoms with Crippen molar-refractivity contribution in [3.05, 3.63) is 0 Å². The quantitative estimate of drug-likeness (QED) is 0.287. The van der Waals surface area contributed by atoms with Gasteiger partial charge in [-0.2, -0.15) is 7.82 Å². The first-order valence-electron chi connectivity index (χ1n) is 0.730. The Morgan fingerprint density at radius 2 is 0.800 bits per heavy atom. The van der Waals surface area contributed by atoms with Gasteiger partial charge in [-0.1, -0.05) is 0 Å². The zero-order valence-electron chi connectivity index (χ0n) is 6.53. The van der Waals surface area contributed by atoms with E-state index < -0.39 is 7.82 Å². The number of hydrogen-bond donors (Lipinski definition) is 0. The minimum absolute atomic E-state index is 0. The summed E-state index contributed by atoms with van der Waals surface area (Å²) in [4.78, 5) is 25.6. The third-order valence-electron chi connectivity index (χ3n) is 0. The van der Waals surface area contributed by atoms with Crippen LogP contribution in [0.25, 0.3) is 0 Å². The first-order chi connectivity index (χ1) is 2.00. The number of hydrogen-bond acceptors (Lipinski definition) is 5. The van der Waals surface area contributed by atoms with Crippen molar-refractivity contribution in [3.63, 3.8) is 0 Å². The molecule has 0 radical (unpaired) electrons. The zero-order valence-corrected chi connectivity index (χ0v) is 15.4. The summed E-state index contributed by atoms with van der Waals surface area (Å²) < 4.78 is 8.55. The standard InChI is InChI=1S/4Na.H3O4P.H2O/c;;;;1-5(2,3)4;/h;;;;(H3,1,2,3,4);1H2/q4*+1;;/p-4. The predicted molar refractivity (Wildman–Crippen MR) is 9.54 cm³/mol. The molecule has 0 aromatic rings. The van der Waals surface area contributed by atoms with Crippen LogP contribution in [0.15, 0.2) is 0 Å². The maximum Gasteiger partial charge on any atom is 1.00 e. The molecule has 0 spiro atoms. The second-order valence-electron chi connectivity index (χ2n) is 0.447. The van der Waals surface area contributed by atoms with Crippen LogP contribution in [-0.4, -0.2) is 5.48 Å². The van der Waals surface area contributed by atoms with Crippen LogP contribution in [0, 0.1) is 0 Å². The first-order valence-corrected chi connectivity index (χ1v) is 2.19. The van der Waals surface area contributed by atoms with Crippen LogP contribution in [-0.2, 0) is 4.57 Å². The summed E-state index contributed by atoms with van der Waals surface area (Å²) in [5.74, 6) is 0. The van der Waals surface area contributed by atoms with E-state index in [0.717, 1.165) is 0 Å². The van der Waals surface area contributed by atoms with E-state index >= 15 is 0 Å². The third kappa shape index (κ3) is 89.3. The molecule has 0 atom stereocenters.